The number of nitrogens with zero attached hydrogens (tertiary/aromatic N) is 2. The lowest BCUT2D eigenvalue weighted by Gasteiger charge is -2.01. The Bertz CT molecular complexity index is 829. The summed E-state index contributed by atoms with van der Waals surface area (Å²) in [5.74, 6) is 0.326. The maximum Gasteiger partial charge on any atom is 0.322 e. The Morgan fingerprint density at radius 1 is 1.12 bits per heavy atom. The fourth-order valence-electron chi connectivity index (χ4n) is 2.08. The van der Waals surface area contributed by atoms with E-state index >= 15 is 0 Å². The molecule has 0 saturated heterocycles. The van der Waals surface area contributed by atoms with Gasteiger partial charge in [-0.2, -0.15) is 0 Å². The third-order valence-electron chi connectivity index (χ3n) is 3.29. The van der Waals surface area contributed by atoms with Crippen molar-refractivity contribution in [3.8, 4) is 17.2 Å². The molecule has 0 aliphatic heterocycles. The van der Waals surface area contributed by atoms with Crippen molar-refractivity contribution in [1.29, 1.82) is 0 Å². The standard InChI is InChI=1S/C17H14FN3O3/c1-23-14-8-4-12(5-9-14)16-20-21-17(24-16)19-15(22)10-11-2-6-13(18)7-3-11/h2-9H,10H2,1H3,(H,19,21,22). The summed E-state index contributed by atoms with van der Waals surface area (Å²) in [6.45, 7) is 0. The monoisotopic (exact) mass is 327 g/mol. The van der Waals surface area contributed by atoms with Crippen molar-refractivity contribution in [2.45, 2.75) is 6.42 Å². The van der Waals surface area contributed by atoms with Gasteiger partial charge in [0.25, 0.3) is 0 Å². The van der Waals surface area contributed by atoms with Gasteiger partial charge in [-0.15, -0.1) is 5.10 Å². The first kappa shape index (κ1) is 15.7. The molecule has 2 aromatic carbocycles. The summed E-state index contributed by atoms with van der Waals surface area (Å²) in [5, 5.41) is 10.2. The number of aromatic nitrogens is 2. The highest BCUT2D eigenvalue weighted by molar-refractivity contribution is 5.90. The van der Waals surface area contributed by atoms with E-state index in [0.717, 1.165) is 0 Å². The molecule has 0 bridgehead atoms. The van der Waals surface area contributed by atoms with Crippen LogP contribution in [0, 0.1) is 5.82 Å². The van der Waals surface area contributed by atoms with Gasteiger partial charge in [0.15, 0.2) is 0 Å². The van der Waals surface area contributed by atoms with Gasteiger partial charge < -0.3 is 9.15 Å². The van der Waals surface area contributed by atoms with Crippen molar-refractivity contribution >= 4 is 11.9 Å². The zero-order valence-electron chi connectivity index (χ0n) is 12.8. The second-order valence-corrected chi connectivity index (χ2v) is 4.99. The number of rotatable bonds is 5. The molecule has 0 aliphatic rings. The average molecular weight is 327 g/mol. The summed E-state index contributed by atoms with van der Waals surface area (Å²) in [5.41, 5.74) is 1.39. The normalized spacial score (nSPS) is 10.4. The zero-order chi connectivity index (χ0) is 16.9. The highest BCUT2D eigenvalue weighted by atomic mass is 19.1. The largest absolute Gasteiger partial charge is 0.497 e. The van der Waals surface area contributed by atoms with Crippen LogP contribution < -0.4 is 10.1 Å². The lowest BCUT2D eigenvalue weighted by atomic mass is 10.1. The molecule has 0 saturated carbocycles. The number of nitrogens with one attached hydrogen (secondary N) is 1. The Hall–Kier alpha value is -3.22. The molecular formula is C17H14FN3O3. The molecular weight excluding hydrogens is 313 g/mol. The third-order valence-corrected chi connectivity index (χ3v) is 3.29. The van der Waals surface area contributed by atoms with Crippen molar-refractivity contribution in [2.75, 3.05) is 12.4 Å². The molecule has 24 heavy (non-hydrogen) atoms. The first-order valence-corrected chi connectivity index (χ1v) is 7.16. The van der Waals surface area contributed by atoms with Gasteiger partial charge in [0.05, 0.1) is 13.5 Å². The van der Waals surface area contributed by atoms with E-state index < -0.39 is 0 Å². The Morgan fingerprint density at radius 2 is 1.83 bits per heavy atom. The van der Waals surface area contributed by atoms with Crippen LogP contribution in [-0.2, 0) is 11.2 Å². The molecule has 0 unspecified atom stereocenters. The molecule has 0 aliphatic carbocycles. The molecule has 6 nitrogen and oxygen atoms in total. The van der Waals surface area contributed by atoms with Crippen molar-refractivity contribution in [3.63, 3.8) is 0 Å². The van der Waals surface area contributed by atoms with Gasteiger partial charge in [-0.05, 0) is 42.0 Å². The van der Waals surface area contributed by atoms with Crippen molar-refractivity contribution in [1.82, 2.24) is 10.2 Å². The number of halogens is 1. The highest BCUT2D eigenvalue weighted by Gasteiger charge is 2.12. The maximum absolute atomic E-state index is 12.8. The van der Waals surface area contributed by atoms with Crippen LogP contribution in [0.2, 0.25) is 0 Å². The molecule has 0 spiro atoms. The second kappa shape index (κ2) is 6.91. The smallest absolute Gasteiger partial charge is 0.322 e. The summed E-state index contributed by atoms with van der Waals surface area (Å²) in [4.78, 5) is 11.9. The number of hydrogen-bond donors (Lipinski definition) is 1. The Balaban J connectivity index is 1.64. The summed E-state index contributed by atoms with van der Waals surface area (Å²) in [7, 11) is 1.58. The van der Waals surface area contributed by atoms with Gasteiger partial charge in [-0.25, -0.2) is 4.39 Å². The number of methoxy groups -OCH3 is 1. The molecule has 1 amide bonds. The van der Waals surface area contributed by atoms with E-state index in [1.807, 2.05) is 0 Å². The van der Waals surface area contributed by atoms with Crippen LogP contribution in [0.25, 0.3) is 11.5 Å². The van der Waals surface area contributed by atoms with Crippen LogP contribution in [0.4, 0.5) is 10.4 Å². The summed E-state index contributed by atoms with van der Waals surface area (Å²) in [6, 6.07) is 12.8. The van der Waals surface area contributed by atoms with Crippen molar-refractivity contribution in [3.05, 3.63) is 59.9 Å². The molecule has 0 atom stereocenters. The first-order chi connectivity index (χ1) is 11.6. The van der Waals surface area contributed by atoms with Gasteiger partial charge >= 0.3 is 6.01 Å². The van der Waals surface area contributed by atoms with Crippen LogP contribution >= 0.6 is 0 Å². The van der Waals surface area contributed by atoms with Gasteiger partial charge in [-0.1, -0.05) is 17.2 Å². The van der Waals surface area contributed by atoms with Gasteiger partial charge in [0.2, 0.25) is 11.8 Å². The fourth-order valence-corrected chi connectivity index (χ4v) is 2.08. The number of anilines is 1. The molecule has 0 radical (unpaired) electrons. The van der Waals surface area contributed by atoms with Crippen LogP contribution in [-0.4, -0.2) is 23.2 Å². The average Bonchev–Trinajstić information content (AvgIpc) is 3.05. The number of benzene rings is 2. The van der Waals surface area contributed by atoms with E-state index in [1.165, 1.54) is 12.1 Å². The van der Waals surface area contributed by atoms with Crippen LogP contribution in [0.1, 0.15) is 5.56 Å². The van der Waals surface area contributed by atoms with Crippen LogP contribution in [0.15, 0.2) is 52.9 Å². The minimum atomic E-state index is -0.347. The zero-order valence-corrected chi connectivity index (χ0v) is 12.8. The van der Waals surface area contributed by atoms with Crippen LogP contribution in [0.5, 0.6) is 5.75 Å². The number of hydrogen-bond acceptors (Lipinski definition) is 5. The van der Waals surface area contributed by atoms with E-state index in [2.05, 4.69) is 15.5 Å². The molecule has 0 fully saturated rings. The van der Waals surface area contributed by atoms with E-state index in [-0.39, 0.29) is 30.1 Å². The minimum Gasteiger partial charge on any atom is -0.497 e. The number of amides is 1. The summed E-state index contributed by atoms with van der Waals surface area (Å²) < 4.78 is 23.3. The predicted octanol–water partition coefficient (Wildman–Crippen LogP) is 3.07. The van der Waals surface area contributed by atoms with Gasteiger partial charge in [-0.3, -0.25) is 10.1 Å². The predicted molar refractivity (Wildman–Crippen MR) is 85.0 cm³/mol. The van der Waals surface area contributed by atoms with E-state index in [9.17, 15) is 9.18 Å². The van der Waals surface area contributed by atoms with Gasteiger partial charge in [0, 0.05) is 5.56 Å². The SMILES string of the molecule is COc1ccc(-c2nnc(NC(=O)Cc3ccc(F)cc3)o2)cc1. The lowest BCUT2D eigenvalue weighted by Crippen LogP contribution is -2.14. The molecule has 7 heteroatoms. The highest BCUT2D eigenvalue weighted by Crippen LogP contribution is 2.22. The molecule has 3 aromatic rings. The van der Waals surface area contributed by atoms with E-state index in [1.54, 1.807) is 43.5 Å². The van der Waals surface area contributed by atoms with Crippen molar-refractivity contribution in [2.24, 2.45) is 0 Å². The lowest BCUT2D eigenvalue weighted by molar-refractivity contribution is -0.115. The van der Waals surface area contributed by atoms with E-state index in [0.29, 0.717) is 16.9 Å². The molecule has 1 N–H and O–H groups in total. The number of ether oxygens (including phenoxy) is 1. The molecule has 3 rings (SSSR count). The second-order valence-electron chi connectivity index (χ2n) is 4.99. The van der Waals surface area contributed by atoms with Crippen molar-refractivity contribution < 1.29 is 18.3 Å². The first-order valence-electron chi connectivity index (χ1n) is 7.16. The Morgan fingerprint density at radius 3 is 2.50 bits per heavy atom. The third kappa shape index (κ3) is 3.75. The van der Waals surface area contributed by atoms with Gasteiger partial charge in [0.1, 0.15) is 11.6 Å². The number of carbonyl (C=O) groups is 1. The molecule has 1 heterocycles. The molecule has 122 valence electrons. The minimum absolute atomic E-state index is 0.00734. The fraction of sp³-hybridized carbons (Fsp3) is 0.118. The Labute approximate surface area is 137 Å². The summed E-state index contributed by atoms with van der Waals surface area (Å²) >= 11 is 0. The maximum atomic E-state index is 12.8. The van der Waals surface area contributed by atoms with E-state index in [4.69, 9.17) is 9.15 Å². The number of carbonyl (C=O) groups excluding carboxylic acids is 1. The topological polar surface area (TPSA) is 77.3 Å². The van der Waals surface area contributed by atoms with Crippen LogP contribution in [0.3, 0.4) is 0 Å². The molecule has 1 aromatic heterocycles. The summed E-state index contributed by atoms with van der Waals surface area (Å²) in [6.07, 6.45) is 0.0839. The quantitative estimate of drug-likeness (QED) is 0.779. The Kier molecular flexibility index (Phi) is 4.51.